The minimum atomic E-state index is -0.177. The molecule has 8 heteroatoms. The number of benzene rings is 1. The summed E-state index contributed by atoms with van der Waals surface area (Å²) in [5.74, 6) is 0. The van der Waals surface area contributed by atoms with Gasteiger partial charge in [0.2, 0.25) is 0 Å². The minimum absolute atomic E-state index is 0.00709. The highest BCUT2D eigenvalue weighted by molar-refractivity contribution is 6.33. The van der Waals surface area contributed by atoms with Gasteiger partial charge >= 0.3 is 0 Å². The molecule has 4 rings (SSSR count). The molecule has 2 unspecified atom stereocenters. The summed E-state index contributed by atoms with van der Waals surface area (Å²) in [6, 6.07) is 10.0. The molecule has 3 aromatic rings. The van der Waals surface area contributed by atoms with Crippen LogP contribution in [0.25, 0.3) is 22.4 Å². The van der Waals surface area contributed by atoms with Crippen LogP contribution < -0.4 is 10.1 Å². The lowest BCUT2D eigenvalue weighted by molar-refractivity contribution is 0.0528. The van der Waals surface area contributed by atoms with Crippen LogP contribution in [0.15, 0.2) is 30.3 Å². The number of aromatic nitrogens is 3. The summed E-state index contributed by atoms with van der Waals surface area (Å²) in [7, 11) is 1.87. The first-order chi connectivity index (χ1) is 12.7. The average molecular weight is 375 g/mol. The maximum atomic E-state index is 9.13. The van der Waals surface area contributed by atoms with E-state index in [2.05, 4.69) is 20.3 Å². The van der Waals surface area contributed by atoms with E-state index in [4.69, 9.17) is 26.2 Å². The number of hydrogen-bond acceptors (Lipinski definition) is 6. The second-order valence-electron chi connectivity index (χ2n) is 6.17. The number of nitrogens with one attached hydrogen (secondary N) is 2. The van der Waals surface area contributed by atoms with Crippen molar-refractivity contribution in [2.75, 3.05) is 25.6 Å². The molecule has 2 atom stereocenters. The first-order valence-electron chi connectivity index (χ1n) is 8.40. The molecule has 7 nitrogen and oxygen atoms in total. The molecule has 1 saturated heterocycles. The van der Waals surface area contributed by atoms with Crippen molar-refractivity contribution in [1.29, 1.82) is 0 Å². The molecule has 0 spiro atoms. The number of halogens is 1. The topological polar surface area (TPSA) is 92.3 Å². The van der Waals surface area contributed by atoms with Crippen molar-refractivity contribution in [1.82, 2.24) is 15.0 Å². The van der Waals surface area contributed by atoms with Gasteiger partial charge in [0.15, 0.2) is 5.65 Å². The second-order valence-corrected chi connectivity index (χ2v) is 6.58. The quantitative estimate of drug-likeness (QED) is 0.636. The maximum absolute atomic E-state index is 9.13. The molecule has 1 fully saturated rings. The van der Waals surface area contributed by atoms with Gasteiger partial charge < -0.3 is 24.9 Å². The Labute approximate surface area is 155 Å². The monoisotopic (exact) mass is 374 g/mol. The molecule has 0 saturated carbocycles. The lowest BCUT2D eigenvalue weighted by Crippen LogP contribution is -2.17. The Morgan fingerprint density at radius 2 is 2.15 bits per heavy atom. The van der Waals surface area contributed by atoms with Crippen molar-refractivity contribution in [3.05, 3.63) is 35.4 Å². The molecule has 0 radical (unpaired) electrons. The summed E-state index contributed by atoms with van der Waals surface area (Å²) in [5, 5.41) is 12.8. The largest absolute Gasteiger partial charge is 0.459 e. The van der Waals surface area contributed by atoms with Crippen LogP contribution >= 0.6 is 11.6 Å². The van der Waals surface area contributed by atoms with E-state index in [1.54, 1.807) is 6.07 Å². The van der Waals surface area contributed by atoms with Crippen LogP contribution in [0.1, 0.15) is 6.42 Å². The van der Waals surface area contributed by atoms with E-state index in [9.17, 15) is 0 Å². The predicted molar refractivity (Wildman–Crippen MR) is 99.7 cm³/mol. The summed E-state index contributed by atoms with van der Waals surface area (Å²) >= 11 is 6.41. The molecule has 136 valence electrons. The number of hydrogen-bond donors (Lipinski definition) is 3. The van der Waals surface area contributed by atoms with E-state index in [-0.39, 0.29) is 18.8 Å². The molecule has 1 aliphatic heterocycles. The number of aliphatic hydroxyl groups excluding tert-OH is 1. The number of rotatable bonds is 5. The number of pyridine rings is 1. The van der Waals surface area contributed by atoms with Gasteiger partial charge in [-0.2, -0.15) is 4.98 Å². The first kappa shape index (κ1) is 17.1. The Morgan fingerprint density at radius 3 is 2.85 bits per heavy atom. The zero-order valence-electron chi connectivity index (χ0n) is 14.2. The number of imidazole rings is 1. The third-order valence-corrected chi connectivity index (χ3v) is 4.67. The van der Waals surface area contributed by atoms with Crippen molar-refractivity contribution >= 4 is 28.5 Å². The highest BCUT2D eigenvalue weighted by Crippen LogP contribution is 2.30. The highest BCUT2D eigenvalue weighted by Gasteiger charge is 2.27. The number of fused-ring (bicyclic) bond motifs is 1. The van der Waals surface area contributed by atoms with Crippen LogP contribution in [0.2, 0.25) is 5.02 Å². The summed E-state index contributed by atoms with van der Waals surface area (Å²) in [6.07, 6.45) is 0.311. The van der Waals surface area contributed by atoms with Crippen LogP contribution in [0.3, 0.4) is 0 Å². The minimum Gasteiger partial charge on any atom is -0.459 e. The summed E-state index contributed by atoms with van der Waals surface area (Å²) in [4.78, 5) is 12.1. The van der Waals surface area contributed by atoms with E-state index >= 15 is 0 Å². The van der Waals surface area contributed by atoms with E-state index in [0.717, 1.165) is 11.3 Å². The maximum Gasteiger partial charge on any atom is 0.296 e. The standard InChI is InChI=1S/C18H19ClN4O3/c1-20-11-4-2-10(3-5-11)16-14(19)7-15-17(22-16)23-18(21-15)26-13-6-12(8-24)25-9-13/h2-5,7,12-13,20,24H,6,8-9H2,1H3,(H,21,22,23). The molecular weight excluding hydrogens is 356 g/mol. The number of aliphatic hydroxyl groups is 1. The van der Waals surface area contributed by atoms with E-state index in [1.165, 1.54) is 0 Å². The van der Waals surface area contributed by atoms with Gasteiger partial charge in [0, 0.05) is 24.7 Å². The average Bonchev–Trinajstić information content (AvgIpc) is 3.27. The number of H-pyrrole nitrogens is 1. The molecular formula is C18H19ClN4O3. The number of aromatic amines is 1. The fourth-order valence-corrected chi connectivity index (χ4v) is 3.25. The summed E-state index contributed by atoms with van der Waals surface area (Å²) in [6.45, 7) is 0.423. The van der Waals surface area contributed by atoms with Gasteiger partial charge in [-0.25, -0.2) is 4.98 Å². The van der Waals surface area contributed by atoms with Gasteiger partial charge in [0.1, 0.15) is 6.10 Å². The zero-order valence-corrected chi connectivity index (χ0v) is 15.0. The van der Waals surface area contributed by atoms with Crippen LogP contribution in [0.4, 0.5) is 5.69 Å². The SMILES string of the molecule is CNc1ccc(-c2nc3nc(OC4COC(CO)C4)[nH]c3cc2Cl)cc1. The zero-order chi connectivity index (χ0) is 18.1. The molecule has 26 heavy (non-hydrogen) atoms. The van der Waals surface area contributed by atoms with Crippen molar-refractivity contribution in [2.24, 2.45) is 0 Å². The lowest BCUT2D eigenvalue weighted by atomic mass is 10.1. The van der Waals surface area contributed by atoms with Gasteiger partial charge in [-0.1, -0.05) is 23.7 Å². The van der Waals surface area contributed by atoms with Crippen molar-refractivity contribution in [3.63, 3.8) is 0 Å². The smallest absolute Gasteiger partial charge is 0.296 e. The Balaban J connectivity index is 1.60. The lowest BCUT2D eigenvalue weighted by Gasteiger charge is -2.07. The van der Waals surface area contributed by atoms with Crippen LogP contribution in [-0.2, 0) is 4.74 Å². The molecule has 1 aliphatic rings. The Bertz CT molecular complexity index is 913. The molecule has 0 aliphatic carbocycles. The van der Waals surface area contributed by atoms with Crippen LogP contribution in [0.5, 0.6) is 6.01 Å². The molecule has 3 heterocycles. The molecule has 1 aromatic carbocycles. The van der Waals surface area contributed by atoms with E-state index < -0.39 is 0 Å². The summed E-state index contributed by atoms with van der Waals surface area (Å²) in [5.41, 5.74) is 3.84. The van der Waals surface area contributed by atoms with Gasteiger partial charge in [-0.15, -0.1) is 0 Å². The normalized spacial score (nSPS) is 19.8. The van der Waals surface area contributed by atoms with Gasteiger partial charge in [-0.3, -0.25) is 0 Å². The van der Waals surface area contributed by atoms with Gasteiger partial charge in [-0.05, 0) is 18.2 Å². The molecule has 3 N–H and O–H groups in total. The highest BCUT2D eigenvalue weighted by atomic mass is 35.5. The van der Waals surface area contributed by atoms with E-state index in [1.807, 2.05) is 31.3 Å². The fraction of sp³-hybridized carbons (Fsp3) is 0.333. The Morgan fingerprint density at radius 1 is 1.35 bits per heavy atom. The van der Waals surface area contributed by atoms with Crippen molar-refractivity contribution < 1.29 is 14.6 Å². The van der Waals surface area contributed by atoms with Crippen molar-refractivity contribution in [2.45, 2.75) is 18.6 Å². The molecule has 2 aromatic heterocycles. The third-order valence-electron chi connectivity index (χ3n) is 4.38. The third kappa shape index (κ3) is 3.33. The number of ether oxygens (including phenoxy) is 2. The van der Waals surface area contributed by atoms with Gasteiger partial charge in [0.05, 0.1) is 35.6 Å². The number of nitrogens with zero attached hydrogens (tertiary/aromatic N) is 2. The Hall–Kier alpha value is -2.35. The Kier molecular flexibility index (Phi) is 4.67. The molecule has 0 amide bonds. The summed E-state index contributed by atoms with van der Waals surface area (Å²) < 4.78 is 11.2. The first-order valence-corrected chi connectivity index (χ1v) is 8.77. The second kappa shape index (κ2) is 7.11. The van der Waals surface area contributed by atoms with E-state index in [0.29, 0.717) is 40.9 Å². The number of anilines is 1. The predicted octanol–water partition coefficient (Wildman–Crippen LogP) is 2.85. The van der Waals surface area contributed by atoms with Crippen molar-refractivity contribution in [3.8, 4) is 17.3 Å². The van der Waals surface area contributed by atoms with Crippen LogP contribution in [-0.4, -0.2) is 52.5 Å². The van der Waals surface area contributed by atoms with Crippen LogP contribution in [0, 0.1) is 0 Å². The fourth-order valence-electron chi connectivity index (χ4n) is 2.99. The molecule has 0 bridgehead atoms. The van der Waals surface area contributed by atoms with Gasteiger partial charge in [0.25, 0.3) is 6.01 Å².